The zero-order valence-corrected chi connectivity index (χ0v) is 17.5. The third kappa shape index (κ3) is 5.21. The molecular weight excluding hydrogens is 308 g/mol. The van der Waals surface area contributed by atoms with Gasteiger partial charge in [0.25, 0.3) is 0 Å². The largest absolute Gasteiger partial charge is 0.342 e. The van der Waals surface area contributed by atoms with E-state index >= 15 is 0 Å². The van der Waals surface area contributed by atoms with Crippen LogP contribution in [-0.2, 0) is 4.79 Å². The molecule has 3 nitrogen and oxygen atoms in total. The van der Waals surface area contributed by atoms with E-state index in [9.17, 15) is 4.79 Å². The average Bonchev–Trinajstić information content (AvgIpc) is 2.66. The highest BCUT2D eigenvalue weighted by atomic mass is 16.2. The Kier molecular flexibility index (Phi) is 7.79. The van der Waals surface area contributed by atoms with E-state index in [-0.39, 0.29) is 0 Å². The molecule has 2 aliphatic heterocycles. The van der Waals surface area contributed by atoms with Crippen molar-refractivity contribution < 1.29 is 4.79 Å². The third-order valence-electron chi connectivity index (χ3n) is 7.24. The fraction of sp³-hybridized carbons (Fsp3) is 0.955. The number of amides is 1. The number of likely N-dealkylation sites (tertiary alicyclic amines) is 2. The molecule has 0 aromatic rings. The Morgan fingerprint density at radius 1 is 0.880 bits per heavy atom. The molecule has 25 heavy (non-hydrogen) atoms. The number of hydrogen-bond acceptors (Lipinski definition) is 2. The molecule has 0 N–H and O–H groups in total. The summed E-state index contributed by atoms with van der Waals surface area (Å²) in [6, 6.07) is 0. The van der Waals surface area contributed by atoms with Crippen LogP contribution in [0.3, 0.4) is 0 Å². The summed E-state index contributed by atoms with van der Waals surface area (Å²) in [7, 11) is 2.24. The number of rotatable bonds is 2. The van der Waals surface area contributed by atoms with Gasteiger partial charge in [0, 0.05) is 19.0 Å². The highest BCUT2D eigenvalue weighted by molar-refractivity contribution is 5.79. The molecule has 2 saturated heterocycles. The lowest BCUT2D eigenvalue weighted by Gasteiger charge is -2.46. The molecule has 0 bridgehead atoms. The summed E-state index contributed by atoms with van der Waals surface area (Å²) >= 11 is 0. The smallest absolute Gasteiger partial charge is 0.225 e. The Hall–Kier alpha value is -0.570. The highest BCUT2D eigenvalue weighted by Crippen LogP contribution is 2.46. The van der Waals surface area contributed by atoms with E-state index in [0.29, 0.717) is 17.2 Å². The van der Waals surface area contributed by atoms with Crippen molar-refractivity contribution in [2.45, 2.75) is 79.1 Å². The molecule has 1 aliphatic carbocycles. The summed E-state index contributed by atoms with van der Waals surface area (Å²) in [4.78, 5) is 17.5. The number of carbonyl (C=O) groups is 1. The molecular formula is C22H42N2O. The first-order valence-electron chi connectivity index (χ1n) is 11.0. The molecule has 0 aromatic carbocycles. The van der Waals surface area contributed by atoms with Crippen LogP contribution in [0, 0.1) is 23.2 Å². The summed E-state index contributed by atoms with van der Waals surface area (Å²) in [6.45, 7) is 13.2. The van der Waals surface area contributed by atoms with E-state index in [1.807, 2.05) is 13.8 Å². The van der Waals surface area contributed by atoms with Crippen LogP contribution in [0.25, 0.3) is 0 Å². The van der Waals surface area contributed by atoms with Gasteiger partial charge in [0.2, 0.25) is 5.91 Å². The van der Waals surface area contributed by atoms with Gasteiger partial charge in [0.15, 0.2) is 0 Å². The van der Waals surface area contributed by atoms with E-state index in [1.54, 1.807) is 0 Å². The summed E-state index contributed by atoms with van der Waals surface area (Å²) in [5.41, 5.74) is 0.577. The van der Waals surface area contributed by atoms with Crippen molar-refractivity contribution in [1.82, 2.24) is 9.80 Å². The number of piperidine rings is 2. The molecule has 3 heteroatoms. The fourth-order valence-corrected chi connectivity index (χ4v) is 5.11. The lowest BCUT2D eigenvalue weighted by molar-refractivity contribution is -0.139. The van der Waals surface area contributed by atoms with Crippen LogP contribution in [0.15, 0.2) is 0 Å². The van der Waals surface area contributed by atoms with Crippen LogP contribution >= 0.6 is 0 Å². The van der Waals surface area contributed by atoms with Crippen molar-refractivity contribution >= 4 is 5.91 Å². The number of nitrogens with zero attached hydrogens (tertiary/aromatic N) is 2. The van der Waals surface area contributed by atoms with Crippen molar-refractivity contribution in [3.8, 4) is 0 Å². The highest BCUT2D eigenvalue weighted by Gasteiger charge is 2.40. The van der Waals surface area contributed by atoms with Crippen LogP contribution in [0.5, 0.6) is 0 Å². The lowest BCUT2D eigenvalue weighted by Crippen LogP contribution is -2.45. The van der Waals surface area contributed by atoms with Gasteiger partial charge in [-0.1, -0.05) is 27.7 Å². The van der Waals surface area contributed by atoms with Gasteiger partial charge >= 0.3 is 0 Å². The number of carbonyl (C=O) groups excluding carboxylic acids is 1. The predicted molar refractivity (Wildman–Crippen MR) is 107 cm³/mol. The van der Waals surface area contributed by atoms with Crippen LogP contribution in [0.4, 0.5) is 0 Å². The minimum absolute atomic E-state index is 0.330. The van der Waals surface area contributed by atoms with Gasteiger partial charge in [-0.2, -0.15) is 0 Å². The predicted octanol–water partition coefficient (Wildman–Crippen LogP) is 4.81. The molecule has 3 fully saturated rings. The molecule has 1 saturated carbocycles. The van der Waals surface area contributed by atoms with E-state index in [1.165, 1.54) is 51.6 Å². The Labute approximate surface area is 156 Å². The lowest BCUT2D eigenvalue weighted by atomic mass is 9.65. The van der Waals surface area contributed by atoms with Crippen molar-refractivity contribution in [2.24, 2.45) is 23.2 Å². The first kappa shape index (κ1) is 20.7. The standard InChI is InChI=1S/C20H36N2O.C2H6/c1-16(2)17-6-12-22(13-7-17)19(23)18-4-8-20(9-5-18)10-14-21(3)15-11-20;1-2/h16-18H,4-15H2,1-3H3;1-2H3. The van der Waals surface area contributed by atoms with Gasteiger partial charge in [0.1, 0.15) is 0 Å². The van der Waals surface area contributed by atoms with E-state index in [2.05, 4.69) is 30.7 Å². The van der Waals surface area contributed by atoms with Crippen molar-refractivity contribution in [1.29, 1.82) is 0 Å². The van der Waals surface area contributed by atoms with Gasteiger partial charge in [-0.05, 0) is 88.8 Å². The summed E-state index contributed by atoms with van der Waals surface area (Å²) < 4.78 is 0. The average molecular weight is 351 g/mol. The van der Waals surface area contributed by atoms with Crippen LogP contribution in [0.2, 0.25) is 0 Å². The van der Waals surface area contributed by atoms with Gasteiger partial charge < -0.3 is 9.80 Å². The van der Waals surface area contributed by atoms with Crippen LogP contribution in [-0.4, -0.2) is 48.9 Å². The maximum absolute atomic E-state index is 12.9. The first-order valence-corrected chi connectivity index (χ1v) is 11.0. The van der Waals surface area contributed by atoms with Gasteiger partial charge in [-0.15, -0.1) is 0 Å². The number of hydrogen-bond donors (Lipinski definition) is 0. The minimum Gasteiger partial charge on any atom is -0.342 e. The van der Waals surface area contributed by atoms with Crippen molar-refractivity contribution in [2.75, 3.05) is 33.2 Å². The second kappa shape index (κ2) is 9.39. The zero-order chi connectivity index (χ0) is 18.4. The van der Waals surface area contributed by atoms with Crippen molar-refractivity contribution in [3.63, 3.8) is 0 Å². The molecule has 3 rings (SSSR count). The first-order chi connectivity index (χ1) is 12.0. The van der Waals surface area contributed by atoms with Gasteiger partial charge in [0.05, 0.1) is 0 Å². The molecule has 2 heterocycles. The molecule has 0 unspecified atom stereocenters. The maximum atomic E-state index is 12.9. The van der Waals surface area contributed by atoms with E-state index in [4.69, 9.17) is 0 Å². The van der Waals surface area contributed by atoms with E-state index in [0.717, 1.165) is 37.8 Å². The molecule has 0 atom stereocenters. The fourth-order valence-electron chi connectivity index (χ4n) is 5.11. The molecule has 0 radical (unpaired) electrons. The van der Waals surface area contributed by atoms with Gasteiger partial charge in [-0.3, -0.25) is 4.79 Å². The monoisotopic (exact) mass is 350 g/mol. The topological polar surface area (TPSA) is 23.6 Å². The van der Waals surface area contributed by atoms with Gasteiger partial charge in [-0.25, -0.2) is 0 Å². The van der Waals surface area contributed by atoms with Crippen LogP contribution < -0.4 is 0 Å². The minimum atomic E-state index is 0.330. The Morgan fingerprint density at radius 2 is 1.40 bits per heavy atom. The molecule has 146 valence electrons. The Bertz CT molecular complexity index is 394. The SMILES string of the molecule is CC.CC(C)C1CCN(C(=O)C2CCC3(CC2)CCN(C)CC3)CC1. The maximum Gasteiger partial charge on any atom is 0.225 e. The normalized spacial score (nSPS) is 25.8. The Balaban J connectivity index is 0.00000109. The van der Waals surface area contributed by atoms with Crippen molar-refractivity contribution in [3.05, 3.63) is 0 Å². The molecule has 0 aromatic heterocycles. The van der Waals surface area contributed by atoms with E-state index < -0.39 is 0 Å². The zero-order valence-electron chi connectivity index (χ0n) is 17.5. The Morgan fingerprint density at radius 3 is 1.88 bits per heavy atom. The molecule has 3 aliphatic rings. The second-order valence-corrected chi connectivity index (χ2v) is 8.98. The van der Waals surface area contributed by atoms with Crippen LogP contribution in [0.1, 0.15) is 79.1 Å². The second-order valence-electron chi connectivity index (χ2n) is 8.98. The summed E-state index contributed by atoms with van der Waals surface area (Å²) in [5, 5.41) is 0. The molecule has 1 spiro atoms. The quantitative estimate of drug-likeness (QED) is 0.713. The third-order valence-corrected chi connectivity index (χ3v) is 7.24. The molecule has 1 amide bonds. The summed E-state index contributed by atoms with van der Waals surface area (Å²) in [5.74, 6) is 2.41. The summed E-state index contributed by atoms with van der Waals surface area (Å²) in [6.07, 6.45) is 10.0.